The van der Waals surface area contributed by atoms with Crippen molar-refractivity contribution in [2.24, 2.45) is 4.99 Å². The fourth-order valence-electron chi connectivity index (χ4n) is 5.12. The number of carbonyl (C=O) groups excluding carboxylic acids is 1. The molecule has 1 fully saturated rings. The summed E-state index contributed by atoms with van der Waals surface area (Å²) in [6.45, 7) is 2.61. The molecule has 0 unspecified atom stereocenters. The molecule has 1 aliphatic heterocycles. The Bertz CT molecular complexity index is 1340. The molecule has 2 heterocycles. The minimum absolute atomic E-state index is 0.00990. The first kappa shape index (κ1) is 24.5. The summed E-state index contributed by atoms with van der Waals surface area (Å²) < 4.78 is 12.4. The van der Waals surface area contributed by atoms with Crippen LogP contribution in [0.2, 0.25) is 0 Å². The van der Waals surface area contributed by atoms with Crippen LogP contribution in [0.25, 0.3) is 22.5 Å². The summed E-state index contributed by atoms with van der Waals surface area (Å²) in [5.74, 6) is 1.02. The van der Waals surface area contributed by atoms with Gasteiger partial charge in [0.25, 0.3) is 5.91 Å². The number of amidine groups is 1. The van der Waals surface area contributed by atoms with Crippen molar-refractivity contribution >= 4 is 19.5 Å². The molecule has 36 heavy (non-hydrogen) atoms. The van der Waals surface area contributed by atoms with Gasteiger partial charge in [-0.05, 0) is 46.4 Å². The number of unbranched alkanes of at least 4 members (excludes halogenated alkanes) is 1. The van der Waals surface area contributed by atoms with Crippen molar-refractivity contribution in [3.05, 3.63) is 54.1 Å². The van der Waals surface area contributed by atoms with E-state index < -0.39 is 13.3 Å². The Morgan fingerprint density at radius 2 is 1.72 bits per heavy atom. The summed E-state index contributed by atoms with van der Waals surface area (Å²) in [4.78, 5) is 39.5. The van der Waals surface area contributed by atoms with Gasteiger partial charge >= 0.3 is 7.75 Å². The smallest absolute Gasteiger partial charge is 0.307 e. The minimum Gasteiger partial charge on any atom is -0.307 e. The van der Waals surface area contributed by atoms with Crippen LogP contribution >= 0.6 is 7.75 Å². The van der Waals surface area contributed by atoms with Gasteiger partial charge < -0.3 is 9.79 Å². The second-order valence-corrected chi connectivity index (χ2v) is 10.8. The van der Waals surface area contributed by atoms with E-state index in [2.05, 4.69) is 22.4 Å². The number of aromatic nitrogens is 4. The lowest BCUT2D eigenvalue weighted by Crippen LogP contribution is -2.40. The van der Waals surface area contributed by atoms with E-state index in [9.17, 15) is 19.1 Å². The summed E-state index contributed by atoms with van der Waals surface area (Å²) in [5.41, 5.74) is 2.52. The van der Waals surface area contributed by atoms with Gasteiger partial charge in [-0.1, -0.05) is 74.7 Å². The van der Waals surface area contributed by atoms with Crippen LogP contribution < -0.4 is 0 Å². The standard InChI is InChI=1S/C25H29N6O4P/c1-2-3-10-22-26-25(15-6-7-16-25)24(32)30(22)17-18-11-13-19(14-12-18)20-8-4-5-9-21(20)23-27-28-29-31(23)36(33,34)35/h4-5,8-9,11-14H,2-3,6-7,10,15-17H2,1H3,(H2,33,34,35). The Morgan fingerprint density at radius 3 is 2.39 bits per heavy atom. The van der Waals surface area contributed by atoms with Crippen molar-refractivity contribution in [3.8, 4) is 22.5 Å². The van der Waals surface area contributed by atoms with Crippen LogP contribution in [-0.2, 0) is 15.9 Å². The lowest BCUT2D eigenvalue weighted by molar-refractivity contribution is -0.131. The molecule has 188 valence electrons. The normalized spacial score (nSPS) is 17.2. The van der Waals surface area contributed by atoms with E-state index in [1.54, 1.807) is 12.1 Å². The van der Waals surface area contributed by atoms with Crippen LogP contribution in [0, 0.1) is 0 Å². The van der Waals surface area contributed by atoms with Crippen molar-refractivity contribution in [3.63, 3.8) is 0 Å². The van der Waals surface area contributed by atoms with E-state index in [1.165, 1.54) is 0 Å². The number of hydrogen-bond donors (Lipinski definition) is 2. The third-order valence-electron chi connectivity index (χ3n) is 6.96. The van der Waals surface area contributed by atoms with Gasteiger partial charge in [0.1, 0.15) is 11.4 Å². The highest BCUT2D eigenvalue weighted by Gasteiger charge is 2.49. The maximum Gasteiger partial charge on any atom is 0.453 e. The van der Waals surface area contributed by atoms with Gasteiger partial charge in [-0.3, -0.25) is 14.7 Å². The van der Waals surface area contributed by atoms with Crippen molar-refractivity contribution in [1.82, 2.24) is 24.9 Å². The molecule has 1 aromatic heterocycles. The molecule has 1 amide bonds. The number of nitrogens with zero attached hydrogens (tertiary/aromatic N) is 6. The summed E-state index contributed by atoms with van der Waals surface area (Å²) >= 11 is 0. The van der Waals surface area contributed by atoms with Crippen molar-refractivity contribution in [1.29, 1.82) is 0 Å². The predicted molar refractivity (Wildman–Crippen MR) is 135 cm³/mol. The molecule has 0 radical (unpaired) electrons. The van der Waals surface area contributed by atoms with Crippen LogP contribution in [-0.4, -0.2) is 51.9 Å². The molecule has 0 saturated heterocycles. The SMILES string of the molecule is CCCCC1=NC2(CCCC2)C(=O)N1Cc1ccc(-c2ccccc2-c2nnnn2P(=O)(O)O)cc1. The van der Waals surface area contributed by atoms with Crippen LogP contribution in [0.3, 0.4) is 0 Å². The Hall–Kier alpha value is -3.20. The molecule has 0 atom stereocenters. The number of hydrogen-bond acceptors (Lipinski definition) is 6. The van der Waals surface area contributed by atoms with E-state index in [-0.39, 0.29) is 11.7 Å². The number of rotatable bonds is 8. The zero-order valence-corrected chi connectivity index (χ0v) is 21.0. The number of carbonyl (C=O) groups is 1. The van der Waals surface area contributed by atoms with E-state index in [0.717, 1.165) is 67.5 Å². The molecule has 10 nitrogen and oxygen atoms in total. The molecule has 0 bridgehead atoms. The average Bonchev–Trinajstić information content (AvgIpc) is 3.60. The first-order valence-corrected chi connectivity index (χ1v) is 13.8. The quantitative estimate of drug-likeness (QED) is 0.436. The maximum atomic E-state index is 13.4. The Balaban J connectivity index is 1.41. The molecule has 11 heteroatoms. The highest BCUT2D eigenvalue weighted by Crippen LogP contribution is 2.42. The highest BCUT2D eigenvalue weighted by molar-refractivity contribution is 7.50. The predicted octanol–water partition coefficient (Wildman–Crippen LogP) is 4.19. The van der Waals surface area contributed by atoms with Gasteiger partial charge in [0.2, 0.25) is 0 Å². The lowest BCUT2D eigenvalue weighted by atomic mass is 9.97. The van der Waals surface area contributed by atoms with Gasteiger partial charge in [-0.15, -0.1) is 9.55 Å². The second kappa shape index (κ2) is 9.69. The fourth-order valence-corrected chi connectivity index (χ4v) is 5.65. The molecule has 5 rings (SSSR count). The summed E-state index contributed by atoms with van der Waals surface area (Å²) in [6, 6.07) is 15.0. The number of aliphatic imine (C=N–C) groups is 1. The van der Waals surface area contributed by atoms with Crippen molar-refractivity contribution < 1.29 is 19.1 Å². The van der Waals surface area contributed by atoms with Crippen molar-refractivity contribution in [2.75, 3.05) is 0 Å². The van der Waals surface area contributed by atoms with Crippen LogP contribution in [0.4, 0.5) is 0 Å². The second-order valence-electron chi connectivity index (χ2n) is 9.41. The lowest BCUT2D eigenvalue weighted by Gasteiger charge is -2.23. The van der Waals surface area contributed by atoms with Crippen LogP contribution in [0.5, 0.6) is 0 Å². The van der Waals surface area contributed by atoms with Gasteiger partial charge in [-0.25, -0.2) is 4.57 Å². The van der Waals surface area contributed by atoms with Gasteiger partial charge in [0.15, 0.2) is 5.82 Å². The molecular weight excluding hydrogens is 479 g/mol. The molecule has 2 aromatic carbocycles. The minimum atomic E-state index is -4.71. The van der Waals surface area contributed by atoms with E-state index in [4.69, 9.17) is 4.99 Å². The highest BCUT2D eigenvalue weighted by atomic mass is 31.2. The molecule has 1 aliphatic carbocycles. The van der Waals surface area contributed by atoms with Gasteiger partial charge in [-0.2, -0.15) is 0 Å². The Labute approximate surface area is 209 Å². The zero-order chi connectivity index (χ0) is 25.3. The monoisotopic (exact) mass is 508 g/mol. The molecule has 1 saturated carbocycles. The molecule has 3 aromatic rings. The molecular formula is C25H29N6O4P. The van der Waals surface area contributed by atoms with Gasteiger partial charge in [0.05, 0.1) is 6.54 Å². The first-order valence-electron chi connectivity index (χ1n) is 12.3. The fraction of sp³-hybridized carbons (Fsp3) is 0.400. The van der Waals surface area contributed by atoms with E-state index in [1.807, 2.05) is 41.3 Å². The first-order chi connectivity index (χ1) is 17.3. The van der Waals surface area contributed by atoms with Crippen molar-refractivity contribution in [2.45, 2.75) is 64.0 Å². The zero-order valence-electron chi connectivity index (χ0n) is 20.1. The molecule has 2 N–H and O–H groups in total. The Morgan fingerprint density at radius 1 is 1.03 bits per heavy atom. The van der Waals surface area contributed by atoms with Gasteiger partial charge in [0, 0.05) is 12.0 Å². The average molecular weight is 509 g/mol. The van der Waals surface area contributed by atoms with E-state index in [0.29, 0.717) is 16.6 Å². The third kappa shape index (κ3) is 4.52. The number of benzene rings is 2. The third-order valence-corrected chi connectivity index (χ3v) is 7.72. The number of tetrazole rings is 1. The van der Waals surface area contributed by atoms with Crippen LogP contribution in [0.15, 0.2) is 53.5 Å². The summed E-state index contributed by atoms with van der Waals surface area (Å²) in [5, 5.41) is 10.8. The maximum absolute atomic E-state index is 13.4. The summed E-state index contributed by atoms with van der Waals surface area (Å²) in [7, 11) is -4.71. The van der Waals surface area contributed by atoms with E-state index >= 15 is 0 Å². The topological polar surface area (TPSA) is 134 Å². The summed E-state index contributed by atoms with van der Waals surface area (Å²) in [6.07, 6.45) is 6.62. The molecule has 1 spiro atoms. The Kier molecular flexibility index (Phi) is 6.59. The largest absolute Gasteiger partial charge is 0.453 e. The number of amides is 1. The molecule has 2 aliphatic rings. The van der Waals surface area contributed by atoms with Crippen LogP contribution in [0.1, 0.15) is 57.4 Å².